The Labute approximate surface area is 174 Å². The van der Waals surface area contributed by atoms with Gasteiger partial charge >= 0.3 is 6.03 Å². The lowest BCUT2D eigenvalue weighted by Crippen LogP contribution is -2.28. The van der Waals surface area contributed by atoms with Gasteiger partial charge < -0.3 is 15.2 Å². The van der Waals surface area contributed by atoms with Crippen molar-refractivity contribution in [2.24, 2.45) is 0 Å². The van der Waals surface area contributed by atoms with Crippen molar-refractivity contribution >= 4 is 28.7 Å². The van der Waals surface area contributed by atoms with Crippen LogP contribution < -0.4 is 15.5 Å². The molecule has 3 aromatic heterocycles. The number of aromatic nitrogens is 4. The Morgan fingerprint density at radius 2 is 2.00 bits per heavy atom. The van der Waals surface area contributed by atoms with Crippen molar-refractivity contribution in [3.05, 3.63) is 55.0 Å². The summed E-state index contributed by atoms with van der Waals surface area (Å²) in [6.45, 7) is 2.39. The Morgan fingerprint density at radius 1 is 1.13 bits per heavy atom. The minimum absolute atomic E-state index is 0.307. The number of pyridine rings is 2. The molecule has 8 heteroatoms. The third-order valence-electron chi connectivity index (χ3n) is 4.69. The summed E-state index contributed by atoms with van der Waals surface area (Å²) in [6, 6.07) is 11.6. The van der Waals surface area contributed by atoms with Crippen LogP contribution >= 0.6 is 0 Å². The summed E-state index contributed by atoms with van der Waals surface area (Å²) in [5.74, 6) is 0.379. The number of rotatable bonds is 5. The van der Waals surface area contributed by atoms with Crippen molar-refractivity contribution < 1.29 is 4.79 Å². The molecule has 3 heterocycles. The molecule has 0 saturated heterocycles. The second-order valence-electron chi connectivity index (χ2n) is 7.03. The molecule has 8 nitrogen and oxygen atoms in total. The lowest BCUT2D eigenvalue weighted by Gasteiger charge is -2.13. The number of nitrogens with zero attached hydrogens (tertiary/aromatic N) is 4. The number of benzene rings is 1. The summed E-state index contributed by atoms with van der Waals surface area (Å²) in [5.41, 5.74) is 6.21. The fourth-order valence-electron chi connectivity index (χ4n) is 3.23. The maximum Gasteiger partial charge on any atom is 0.321 e. The van der Waals surface area contributed by atoms with Crippen molar-refractivity contribution in [1.82, 2.24) is 25.3 Å². The first-order valence-electron chi connectivity index (χ1n) is 9.68. The largest absolute Gasteiger partial charge is 0.378 e. The third kappa shape index (κ3) is 3.93. The van der Waals surface area contributed by atoms with Gasteiger partial charge in [0.25, 0.3) is 0 Å². The van der Waals surface area contributed by atoms with E-state index in [2.05, 4.69) is 36.6 Å². The van der Waals surface area contributed by atoms with E-state index in [0.717, 1.165) is 39.1 Å². The number of H-pyrrole nitrogens is 1. The highest BCUT2D eigenvalue weighted by Gasteiger charge is 2.15. The average Bonchev–Trinajstić information content (AvgIpc) is 3.16. The maximum absolute atomic E-state index is 11.9. The fourth-order valence-corrected chi connectivity index (χ4v) is 3.23. The lowest BCUT2D eigenvalue weighted by molar-refractivity contribution is 0.252. The summed E-state index contributed by atoms with van der Waals surface area (Å²) in [4.78, 5) is 30.6. The van der Waals surface area contributed by atoms with Crippen LogP contribution in [0.4, 0.5) is 16.4 Å². The summed E-state index contributed by atoms with van der Waals surface area (Å²) < 4.78 is 0. The topological polar surface area (TPSA) is 98.8 Å². The monoisotopic (exact) mass is 401 g/mol. The molecule has 0 saturated carbocycles. The van der Waals surface area contributed by atoms with Gasteiger partial charge in [-0.05, 0) is 42.8 Å². The van der Waals surface area contributed by atoms with Crippen molar-refractivity contribution in [2.75, 3.05) is 30.9 Å². The molecule has 0 aliphatic heterocycles. The maximum atomic E-state index is 11.9. The van der Waals surface area contributed by atoms with E-state index >= 15 is 0 Å². The number of urea groups is 1. The van der Waals surface area contributed by atoms with Gasteiger partial charge in [0, 0.05) is 56.0 Å². The first-order valence-corrected chi connectivity index (χ1v) is 9.68. The van der Waals surface area contributed by atoms with Crippen LogP contribution in [0, 0.1) is 0 Å². The number of hydrogen-bond acceptors (Lipinski definition) is 5. The summed E-state index contributed by atoms with van der Waals surface area (Å²) in [7, 11) is 3.98. The molecular formula is C22H23N7O. The van der Waals surface area contributed by atoms with E-state index < -0.39 is 0 Å². The van der Waals surface area contributed by atoms with E-state index in [0.29, 0.717) is 12.5 Å². The normalized spacial score (nSPS) is 10.8. The summed E-state index contributed by atoms with van der Waals surface area (Å²) in [5, 5.41) is 5.45. The van der Waals surface area contributed by atoms with Gasteiger partial charge in [-0.25, -0.2) is 9.78 Å². The highest BCUT2D eigenvalue weighted by molar-refractivity contribution is 5.98. The Balaban J connectivity index is 1.88. The lowest BCUT2D eigenvalue weighted by atomic mass is 10.0. The van der Waals surface area contributed by atoms with Crippen LogP contribution in [-0.2, 0) is 0 Å². The molecule has 0 atom stereocenters. The Hall–Kier alpha value is -3.94. The van der Waals surface area contributed by atoms with Crippen LogP contribution in [0.3, 0.4) is 0 Å². The zero-order valence-electron chi connectivity index (χ0n) is 17.1. The number of carbonyl (C=O) groups is 1. The van der Waals surface area contributed by atoms with E-state index in [9.17, 15) is 4.79 Å². The molecule has 0 aliphatic carbocycles. The van der Waals surface area contributed by atoms with Crippen LogP contribution in [0.25, 0.3) is 33.4 Å². The van der Waals surface area contributed by atoms with Gasteiger partial charge in [-0.3, -0.25) is 15.3 Å². The molecule has 152 valence electrons. The Kier molecular flexibility index (Phi) is 5.30. The van der Waals surface area contributed by atoms with Crippen LogP contribution in [0.2, 0.25) is 0 Å². The van der Waals surface area contributed by atoms with Gasteiger partial charge in [0.15, 0.2) is 0 Å². The molecular weight excluding hydrogens is 378 g/mol. The predicted octanol–water partition coefficient (Wildman–Crippen LogP) is 3.89. The van der Waals surface area contributed by atoms with Crippen molar-refractivity contribution in [1.29, 1.82) is 0 Å². The fraction of sp³-hybridized carbons (Fsp3) is 0.182. The molecule has 0 spiro atoms. The molecule has 0 radical (unpaired) electrons. The van der Waals surface area contributed by atoms with Crippen molar-refractivity contribution in [3.63, 3.8) is 0 Å². The van der Waals surface area contributed by atoms with Gasteiger partial charge in [0.2, 0.25) is 5.95 Å². The van der Waals surface area contributed by atoms with Crippen LogP contribution in [-0.4, -0.2) is 46.6 Å². The average molecular weight is 401 g/mol. The highest BCUT2D eigenvalue weighted by Crippen LogP contribution is 2.33. The van der Waals surface area contributed by atoms with E-state index in [-0.39, 0.29) is 6.03 Å². The second-order valence-corrected chi connectivity index (χ2v) is 7.03. The second kappa shape index (κ2) is 8.20. The Bertz CT molecular complexity index is 1180. The molecule has 4 aromatic rings. The minimum Gasteiger partial charge on any atom is -0.378 e. The molecule has 0 aliphatic rings. The highest BCUT2D eigenvalue weighted by atomic mass is 16.2. The summed E-state index contributed by atoms with van der Waals surface area (Å²) in [6.07, 6.45) is 5.35. The molecule has 0 fully saturated rings. The number of carbonyl (C=O) groups excluding carboxylic acids is 1. The minimum atomic E-state index is -0.307. The first-order chi connectivity index (χ1) is 14.5. The molecule has 3 N–H and O–H groups in total. The molecule has 2 amide bonds. The number of amides is 2. The summed E-state index contributed by atoms with van der Waals surface area (Å²) >= 11 is 0. The number of nitrogens with one attached hydrogen (secondary N) is 3. The van der Waals surface area contributed by atoms with Crippen molar-refractivity contribution in [2.45, 2.75) is 6.92 Å². The van der Waals surface area contributed by atoms with Crippen molar-refractivity contribution in [3.8, 4) is 22.4 Å². The molecule has 0 unspecified atom stereocenters. The third-order valence-corrected chi connectivity index (χ3v) is 4.69. The number of hydrogen-bond donors (Lipinski definition) is 3. The van der Waals surface area contributed by atoms with Gasteiger partial charge in [0.05, 0.1) is 16.7 Å². The van der Waals surface area contributed by atoms with Gasteiger partial charge in [-0.2, -0.15) is 0 Å². The quantitative estimate of drug-likeness (QED) is 0.471. The number of fused-ring (bicyclic) bond motifs is 1. The van der Waals surface area contributed by atoms with Gasteiger partial charge in [-0.1, -0.05) is 6.07 Å². The molecule has 0 bridgehead atoms. The number of imidazole rings is 1. The van der Waals surface area contributed by atoms with Gasteiger partial charge in [-0.15, -0.1) is 0 Å². The van der Waals surface area contributed by atoms with E-state index in [4.69, 9.17) is 0 Å². The smallest absolute Gasteiger partial charge is 0.321 e. The van der Waals surface area contributed by atoms with Crippen LogP contribution in [0.15, 0.2) is 55.0 Å². The van der Waals surface area contributed by atoms with Gasteiger partial charge in [0.1, 0.15) is 0 Å². The van der Waals surface area contributed by atoms with E-state index in [1.165, 1.54) is 0 Å². The van der Waals surface area contributed by atoms with E-state index in [1.807, 2.05) is 62.4 Å². The Morgan fingerprint density at radius 3 is 2.73 bits per heavy atom. The standard InChI is InChI=1S/C22H23N7O/c1-4-24-22(30)28-21-26-19-11-15(14-6-5-8-23-13-14)10-17(20(19)27-21)18-12-16(29(2)3)7-9-25-18/h5-13H,4H2,1-3H3,(H3,24,26,27,28,30). The number of aromatic amines is 1. The van der Waals surface area contributed by atoms with E-state index in [1.54, 1.807) is 12.4 Å². The molecule has 1 aromatic carbocycles. The molecule has 30 heavy (non-hydrogen) atoms. The molecule has 4 rings (SSSR count). The predicted molar refractivity (Wildman–Crippen MR) is 120 cm³/mol. The SMILES string of the molecule is CCNC(=O)Nc1nc2c(-c3cc(N(C)C)ccn3)cc(-c3cccnc3)cc2[nH]1. The first kappa shape index (κ1) is 19.4. The zero-order valence-corrected chi connectivity index (χ0v) is 17.1. The number of anilines is 2. The zero-order chi connectivity index (χ0) is 21.1. The van der Waals surface area contributed by atoms with Crippen LogP contribution in [0.5, 0.6) is 0 Å². The van der Waals surface area contributed by atoms with Crippen LogP contribution in [0.1, 0.15) is 6.92 Å².